The summed E-state index contributed by atoms with van der Waals surface area (Å²) in [5.74, 6) is 1.88. The Labute approximate surface area is 186 Å². The lowest BCUT2D eigenvalue weighted by atomic mass is 9.97. The molecule has 3 N–H and O–H groups in total. The molecule has 1 aromatic carbocycles. The van der Waals surface area contributed by atoms with Crippen molar-refractivity contribution in [1.82, 2.24) is 24.4 Å². The number of aryl methyl sites for hydroxylation is 2. The van der Waals surface area contributed by atoms with Crippen LogP contribution in [0.1, 0.15) is 47.3 Å². The number of rotatable bonds is 7. The fourth-order valence-electron chi connectivity index (χ4n) is 4.16. The summed E-state index contributed by atoms with van der Waals surface area (Å²) in [7, 11) is 1.60. The molecule has 2 aromatic heterocycles. The number of likely N-dealkylation sites (tertiary alicyclic amines) is 1. The Balaban J connectivity index is 1.49. The monoisotopic (exact) mass is 436 g/mol. The Bertz CT molecular complexity index is 1100. The van der Waals surface area contributed by atoms with Crippen molar-refractivity contribution in [2.24, 2.45) is 5.73 Å². The summed E-state index contributed by atoms with van der Waals surface area (Å²) in [6.07, 6.45) is 5.82. The van der Waals surface area contributed by atoms with Crippen LogP contribution in [0.15, 0.2) is 36.7 Å². The van der Waals surface area contributed by atoms with E-state index in [1.807, 2.05) is 46.9 Å². The first-order valence-electron chi connectivity index (χ1n) is 10.8. The van der Waals surface area contributed by atoms with Gasteiger partial charge in [0.25, 0.3) is 5.91 Å². The van der Waals surface area contributed by atoms with Crippen molar-refractivity contribution in [3.05, 3.63) is 54.0 Å². The van der Waals surface area contributed by atoms with Crippen molar-refractivity contribution in [2.75, 3.05) is 20.2 Å². The van der Waals surface area contributed by atoms with Crippen molar-refractivity contribution >= 4 is 11.8 Å². The summed E-state index contributed by atoms with van der Waals surface area (Å²) in [6.45, 7) is 3.83. The Morgan fingerprint density at radius 3 is 2.72 bits per heavy atom. The number of nitrogens with two attached hydrogens (primary N) is 1. The number of aromatic nitrogens is 4. The Morgan fingerprint density at radius 2 is 2.06 bits per heavy atom. The molecule has 1 aliphatic rings. The van der Waals surface area contributed by atoms with E-state index in [-0.39, 0.29) is 17.5 Å². The summed E-state index contributed by atoms with van der Waals surface area (Å²) < 4.78 is 7.18. The number of nitrogens with zero attached hydrogens (tertiary/aromatic N) is 4. The van der Waals surface area contributed by atoms with E-state index < -0.39 is 5.91 Å². The summed E-state index contributed by atoms with van der Waals surface area (Å²) in [6, 6.07) is 7.33. The molecule has 1 atom stereocenters. The molecule has 4 rings (SSSR count). The van der Waals surface area contributed by atoms with Crippen LogP contribution in [0, 0.1) is 6.92 Å². The number of nitrogens with one attached hydrogen (secondary N) is 1. The summed E-state index contributed by atoms with van der Waals surface area (Å²) in [5, 5.41) is 0. The van der Waals surface area contributed by atoms with Gasteiger partial charge in [0, 0.05) is 49.9 Å². The molecule has 32 heavy (non-hydrogen) atoms. The molecule has 3 aromatic rings. The summed E-state index contributed by atoms with van der Waals surface area (Å²) >= 11 is 0. The Hall–Kier alpha value is -3.62. The second-order valence-electron chi connectivity index (χ2n) is 8.04. The van der Waals surface area contributed by atoms with Crippen molar-refractivity contribution in [1.29, 1.82) is 0 Å². The van der Waals surface area contributed by atoms with Crippen LogP contribution >= 0.6 is 0 Å². The van der Waals surface area contributed by atoms with E-state index in [4.69, 9.17) is 15.5 Å². The maximum absolute atomic E-state index is 12.8. The van der Waals surface area contributed by atoms with Crippen LogP contribution in [0.5, 0.6) is 5.75 Å². The number of carbonyl (C=O) groups excluding carboxylic acids is 2. The first-order chi connectivity index (χ1) is 15.5. The predicted octanol–water partition coefficient (Wildman–Crippen LogP) is 2.49. The number of primary amides is 1. The lowest BCUT2D eigenvalue weighted by Crippen LogP contribution is -2.39. The van der Waals surface area contributed by atoms with E-state index in [0.29, 0.717) is 31.0 Å². The van der Waals surface area contributed by atoms with Crippen LogP contribution in [-0.4, -0.2) is 56.4 Å². The number of carbonyl (C=O) groups is 2. The van der Waals surface area contributed by atoms with Crippen LogP contribution in [0.4, 0.5) is 0 Å². The smallest absolute Gasteiger partial charge is 0.267 e. The molecule has 0 saturated carbocycles. The molecular formula is C23H28N6O3. The minimum atomic E-state index is -0.561. The zero-order valence-electron chi connectivity index (χ0n) is 18.4. The molecular weight excluding hydrogens is 408 g/mol. The van der Waals surface area contributed by atoms with E-state index >= 15 is 0 Å². The first kappa shape index (κ1) is 21.6. The van der Waals surface area contributed by atoms with Crippen molar-refractivity contribution in [3.63, 3.8) is 0 Å². The molecule has 1 saturated heterocycles. The molecule has 9 heteroatoms. The molecule has 0 aliphatic carbocycles. The molecule has 0 bridgehead atoms. The average Bonchev–Trinajstić information content (AvgIpc) is 3.44. The van der Waals surface area contributed by atoms with Crippen molar-refractivity contribution in [3.8, 4) is 17.0 Å². The average molecular weight is 437 g/mol. The zero-order chi connectivity index (χ0) is 22.7. The first-order valence-corrected chi connectivity index (χ1v) is 10.8. The number of H-pyrrole nitrogens is 1. The lowest BCUT2D eigenvalue weighted by Gasteiger charge is -2.32. The number of imidazole rings is 2. The highest BCUT2D eigenvalue weighted by atomic mass is 16.5. The van der Waals surface area contributed by atoms with Gasteiger partial charge in [-0.25, -0.2) is 9.97 Å². The highest BCUT2D eigenvalue weighted by Crippen LogP contribution is 2.30. The summed E-state index contributed by atoms with van der Waals surface area (Å²) in [5.41, 5.74) is 7.20. The number of benzene rings is 1. The van der Waals surface area contributed by atoms with Gasteiger partial charge in [0.05, 0.1) is 7.11 Å². The van der Waals surface area contributed by atoms with E-state index in [9.17, 15) is 9.59 Å². The second-order valence-corrected chi connectivity index (χ2v) is 8.04. The van der Waals surface area contributed by atoms with Gasteiger partial charge in [0.15, 0.2) is 0 Å². The van der Waals surface area contributed by atoms with Gasteiger partial charge in [-0.1, -0.05) is 0 Å². The van der Waals surface area contributed by atoms with Gasteiger partial charge in [-0.3, -0.25) is 9.59 Å². The van der Waals surface area contributed by atoms with Crippen LogP contribution < -0.4 is 10.5 Å². The third-order valence-corrected chi connectivity index (χ3v) is 5.98. The highest BCUT2D eigenvalue weighted by molar-refractivity contribution is 5.97. The van der Waals surface area contributed by atoms with Crippen LogP contribution in [-0.2, 0) is 11.3 Å². The highest BCUT2D eigenvalue weighted by Gasteiger charge is 2.28. The quantitative estimate of drug-likeness (QED) is 0.590. The van der Waals surface area contributed by atoms with Gasteiger partial charge in [-0.05, 0) is 44.0 Å². The number of ether oxygens (including phenoxy) is 1. The third-order valence-electron chi connectivity index (χ3n) is 5.98. The van der Waals surface area contributed by atoms with Crippen LogP contribution in [0.2, 0.25) is 0 Å². The number of hydrogen-bond acceptors (Lipinski definition) is 5. The van der Waals surface area contributed by atoms with E-state index in [0.717, 1.165) is 36.5 Å². The minimum absolute atomic E-state index is 0.0211. The molecule has 0 radical (unpaired) electrons. The molecule has 2 amide bonds. The van der Waals surface area contributed by atoms with Crippen molar-refractivity contribution in [2.45, 2.75) is 38.6 Å². The number of piperidine rings is 1. The van der Waals surface area contributed by atoms with Gasteiger partial charge in [0.1, 0.15) is 28.8 Å². The van der Waals surface area contributed by atoms with E-state index in [1.165, 1.54) is 0 Å². The molecule has 1 fully saturated rings. The van der Waals surface area contributed by atoms with Gasteiger partial charge >= 0.3 is 0 Å². The van der Waals surface area contributed by atoms with E-state index in [2.05, 4.69) is 9.97 Å². The van der Waals surface area contributed by atoms with E-state index in [1.54, 1.807) is 13.3 Å². The molecule has 3 heterocycles. The normalized spacial score (nSPS) is 16.2. The number of aromatic amines is 1. The third kappa shape index (κ3) is 4.51. The van der Waals surface area contributed by atoms with Crippen molar-refractivity contribution < 1.29 is 14.3 Å². The SMILES string of the molecule is COc1ccc(-c2nc([C@H]3CCCN(C(=O)CCn4ccnc4C)C3)[nH]c2C(N)=O)cc1. The summed E-state index contributed by atoms with van der Waals surface area (Å²) in [4.78, 5) is 38.8. The van der Waals surface area contributed by atoms with Gasteiger partial charge in [0.2, 0.25) is 5.91 Å². The number of methoxy groups -OCH3 is 1. The maximum atomic E-state index is 12.8. The minimum Gasteiger partial charge on any atom is -0.497 e. The number of amides is 2. The molecule has 0 unspecified atom stereocenters. The molecule has 9 nitrogen and oxygen atoms in total. The van der Waals surface area contributed by atoms with Crippen LogP contribution in [0.3, 0.4) is 0 Å². The second kappa shape index (κ2) is 9.25. The molecule has 168 valence electrons. The van der Waals surface area contributed by atoms with Gasteiger partial charge in [-0.15, -0.1) is 0 Å². The Kier molecular flexibility index (Phi) is 6.25. The zero-order valence-corrected chi connectivity index (χ0v) is 18.4. The fourth-order valence-corrected chi connectivity index (χ4v) is 4.16. The topological polar surface area (TPSA) is 119 Å². The Morgan fingerprint density at radius 1 is 1.28 bits per heavy atom. The largest absolute Gasteiger partial charge is 0.497 e. The fraction of sp³-hybridized carbons (Fsp3) is 0.391. The van der Waals surface area contributed by atoms with Crippen LogP contribution in [0.25, 0.3) is 11.3 Å². The predicted molar refractivity (Wildman–Crippen MR) is 119 cm³/mol. The van der Waals surface area contributed by atoms with Gasteiger partial charge in [-0.2, -0.15) is 0 Å². The molecule has 1 aliphatic heterocycles. The standard InChI is InChI=1S/C23H28N6O3/c1-15-25-10-13-28(15)12-9-19(30)29-11-3-4-17(14-29)23-26-20(21(27-23)22(24)31)16-5-7-18(32-2)8-6-16/h5-8,10,13,17H,3-4,9,11-12,14H2,1-2H3,(H2,24,31)(H,26,27)/t17-/m0/s1. The molecule has 0 spiro atoms. The van der Waals surface area contributed by atoms with Gasteiger partial charge < -0.3 is 24.9 Å². The maximum Gasteiger partial charge on any atom is 0.267 e. The lowest BCUT2D eigenvalue weighted by molar-refractivity contribution is -0.132. The number of hydrogen-bond donors (Lipinski definition) is 2.